The third kappa shape index (κ3) is 4.76. The van der Waals surface area contributed by atoms with E-state index in [2.05, 4.69) is 0 Å². The van der Waals surface area contributed by atoms with Crippen LogP contribution in [0.15, 0.2) is 101 Å². The Morgan fingerprint density at radius 2 is 1.65 bits per heavy atom. The Labute approximate surface area is 255 Å². The zero-order valence-electron chi connectivity index (χ0n) is 22.7. The number of amides is 2. The maximum atomic E-state index is 14.6. The van der Waals surface area contributed by atoms with Gasteiger partial charge in [0.05, 0.1) is 41.4 Å². The summed E-state index contributed by atoms with van der Waals surface area (Å²) in [6.07, 6.45) is 0.525. The zero-order valence-corrected chi connectivity index (χ0v) is 24.3. The summed E-state index contributed by atoms with van der Waals surface area (Å²) in [6.45, 7) is 0. The Kier molecular flexibility index (Phi) is 6.76. The van der Waals surface area contributed by atoms with Crippen molar-refractivity contribution >= 4 is 51.3 Å². The molecule has 0 N–H and O–H groups in total. The average Bonchev–Trinajstić information content (AvgIpc) is 3.75. The summed E-state index contributed by atoms with van der Waals surface area (Å²) in [7, 11) is 1.43. The highest BCUT2D eigenvalue weighted by atomic mass is 35.5. The highest BCUT2D eigenvalue weighted by Crippen LogP contribution is 2.40. The third-order valence-corrected chi connectivity index (χ3v) is 8.61. The normalized spacial score (nSPS) is 16.1. The van der Waals surface area contributed by atoms with Crippen LogP contribution >= 0.6 is 22.9 Å². The van der Waals surface area contributed by atoms with E-state index in [1.807, 2.05) is 40.7 Å². The summed E-state index contributed by atoms with van der Waals surface area (Å²) in [5.41, 5.74) is 5.04. The molecule has 0 aliphatic carbocycles. The van der Waals surface area contributed by atoms with Crippen LogP contribution in [0.4, 0.5) is 15.2 Å². The number of ether oxygens (including phenoxy) is 1. The van der Waals surface area contributed by atoms with Crippen LogP contribution in [0.2, 0.25) is 5.02 Å². The monoisotopic (exact) mass is 608 g/mol. The molecule has 0 radical (unpaired) electrons. The molecular weight excluding hydrogens is 587 g/mol. The van der Waals surface area contributed by atoms with Gasteiger partial charge in [-0.1, -0.05) is 48.0 Å². The first-order valence-electron chi connectivity index (χ1n) is 13.4. The van der Waals surface area contributed by atoms with Gasteiger partial charge in [-0.25, -0.2) is 19.3 Å². The van der Waals surface area contributed by atoms with Crippen molar-refractivity contribution in [1.29, 1.82) is 0 Å². The van der Waals surface area contributed by atoms with Gasteiger partial charge in [0.15, 0.2) is 11.6 Å². The molecule has 2 amide bonds. The fourth-order valence-corrected chi connectivity index (χ4v) is 6.34. The molecule has 7 rings (SSSR count). The SMILES string of the molecule is COc1ccc(C2=NN(c3nc(-c4cccc(N5C(=O)c6ccccc6C5=O)c4)cs3)C(c3ccc(Cl)cc3)C2)cc1F. The molecule has 7 nitrogen and oxygen atoms in total. The van der Waals surface area contributed by atoms with Gasteiger partial charge in [0.2, 0.25) is 5.13 Å². The summed E-state index contributed by atoms with van der Waals surface area (Å²) in [5.74, 6) is -0.993. The van der Waals surface area contributed by atoms with E-state index in [0.29, 0.717) is 50.4 Å². The summed E-state index contributed by atoms with van der Waals surface area (Å²) >= 11 is 7.58. The second-order valence-electron chi connectivity index (χ2n) is 10.1. The van der Waals surface area contributed by atoms with Gasteiger partial charge >= 0.3 is 0 Å². The van der Waals surface area contributed by atoms with Crippen LogP contribution in [-0.4, -0.2) is 29.6 Å². The van der Waals surface area contributed by atoms with Gasteiger partial charge in [0, 0.05) is 28.0 Å². The summed E-state index contributed by atoms with van der Waals surface area (Å²) in [6, 6.07) is 26.2. The molecule has 4 aromatic carbocycles. The van der Waals surface area contributed by atoms with Crippen molar-refractivity contribution in [3.05, 3.63) is 129 Å². The van der Waals surface area contributed by atoms with Gasteiger partial charge < -0.3 is 4.74 Å². The largest absolute Gasteiger partial charge is 0.494 e. The Balaban J connectivity index is 1.23. The third-order valence-electron chi connectivity index (χ3n) is 7.53. The topological polar surface area (TPSA) is 75.1 Å². The van der Waals surface area contributed by atoms with Crippen molar-refractivity contribution in [1.82, 2.24) is 4.98 Å². The molecule has 0 fully saturated rings. The van der Waals surface area contributed by atoms with Crippen molar-refractivity contribution in [3.63, 3.8) is 0 Å². The molecule has 0 saturated heterocycles. The van der Waals surface area contributed by atoms with E-state index in [1.54, 1.807) is 54.6 Å². The molecule has 212 valence electrons. The van der Waals surface area contributed by atoms with Crippen LogP contribution in [0.5, 0.6) is 5.75 Å². The fourth-order valence-electron chi connectivity index (χ4n) is 5.38. The van der Waals surface area contributed by atoms with Gasteiger partial charge in [-0.05, 0) is 60.2 Å². The number of rotatable bonds is 6. The highest BCUT2D eigenvalue weighted by molar-refractivity contribution is 7.14. The number of methoxy groups -OCH3 is 1. The molecule has 5 aromatic rings. The Hall–Kier alpha value is -4.86. The Bertz CT molecular complexity index is 1910. The maximum Gasteiger partial charge on any atom is 0.266 e. The lowest BCUT2D eigenvalue weighted by atomic mass is 9.98. The van der Waals surface area contributed by atoms with Crippen molar-refractivity contribution in [2.75, 3.05) is 17.0 Å². The molecule has 1 unspecified atom stereocenters. The van der Waals surface area contributed by atoms with E-state index < -0.39 is 5.82 Å². The average molecular weight is 609 g/mol. The first-order valence-corrected chi connectivity index (χ1v) is 14.7. The molecule has 2 aliphatic heterocycles. The predicted octanol–water partition coefficient (Wildman–Crippen LogP) is 7.77. The lowest BCUT2D eigenvalue weighted by molar-refractivity contribution is 0.0926. The minimum absolute atomic E-state index is 0.168. The van der Waals surface area contributed by atoms with Crippen molar-refractivity contribution in [2.24, 2.45) is 5.10 Å². The van der Waals surface area contributed by atoms with Crippen LogP contribution in [0.3, 0.4) is 0 Å². The molecule has 0 spiro atoms. The van der Waals surface area contributed by atoms with Gasteiger partial charge in [0.1, 0.15) is 0 Å². The van der Waals surface area contributed by atoms with Gasteiger partial charge in [0.25, 0.3) is 11.8 Å². The molecule has 1 aromatic heterocycles. The van der Waals surface area contributed by atoms with E-state index in [1.165, 1.54) is 29.4 Å². The second kappa shape index (κ2) is 10.8. The van der Waals surface area contributed by atoms with Gasteiger partial charge in [-0.2, -0.15) is 5.10 Å². The number of imide groups is 1. The Morgan fingerprint density at radius 1 is 0.907 bits per heavy atom. The summed E-state index contributed by atoms with van der Waals surface area (Å²) in [4.78, 5) is 32.2. The Morgan fingerprint density at radius 3 is 2.35 bits per heavy atom. The number of hydrogen-bond donors (Lipinski definition) is 0. The molecule has 3 heterocycles. The number of fused-ring (bicyclic) bond motifs is 1. The van der Waals surface area contributed by atoms with E-state index in [-0.39, 0.29) is 23.6 Å². The second-order valence-corrected chi connectivity index (χ2v) is 11.3. The van der Waals surface area contributed by atoms with E-state index in [4.69, 9.17) is 26.4 Å². The highest BCUT2D eigenvalue weighted by Gasteiger charge is 2.36. The minimum atomic E-state index is -0.460. The number of hydrogen-bond acceptors (Lipinski definition) is 7. The molecule has 0 saturated carbocycles. The predicted molar refractivity (Wildman–Crippen MR) is 166 cm³/mol. The minimum Gasteiger partial charge on any atom is -0.494 e. The first kappa shape index (κ1) is 27.0. The molecule has 2 aliphatic rings. The number of benzene rings is 4. The fraction of sp³-hybridized carbons (Fsp3) is 0.0909. The molecule has 10 heteroatoms. The zero-order chi connectivity index (χ0) is 29.7. The van der Waals surface area contributed by atoms with Crippen LogP contribution in [0, 0.1) is 5.82 Å². The first-order chi connectivity index (χ1) is 20.9. The maximum absolute atomic E-state index is 14.6. The van der Waals surface area contributed by atoms with E-state index in [9.17, 15) is 14.0 Å². The summed E-state index contributed by atoms with van der Waals surface area (Å²) in [5, 5.41) is 9.93. The standard InChI is InChI=1S/C33H22ClFN4O3S/c1-42-30-14-11-21(16-26(30)35)27-17-29(19-9-12-22(34)13-10-19)39(37-27)33-36-28(18-43-33)20-5-4-6-23(15-20)38-31(40)24-7-2-3-8-25(24)32(38)41/h2-16,18,29H,17H2,1H3. The number of carbonyl (C=O) groups excluding carboxylic acids is 2. The number of nitrogens with zero attached hydrogens (tertiary/aromatic N) is 4. The van der Waals surface area contributed by atoms with E-state index >= 15 is 0 Å². The quantitative estimate of drug-likeness (QED) is 0.184. The molecule has 1 atom stereocenters. The van der Waals surface area contributed by atoms with Crippen LogP contribution < -0.4 is 14.6 Å². The molecule has 0 bridgehead atoms. The smallest absolute Gasteiger partial charge is 0.266 e. The molecular formula is C33H22ClFN4O3S. The van der Waals surface area contributed by atoms with Crippen LogP contribution in [0.1, 0.15) is 44.3 Å². The number of anilines is 2. The lowest BCUT2D eigenvalue weighted by Gasteiger charge is -2.21. The van der Waals surface area contributed by atoms with Crippen molar-refractivity contribution < 1.29 is 18.7 Å². The van der Waals surface area contributed by atoms with Crippen molar-refractivity contribution in [2.45, 2.75) is 12.5 Å². The number of thiazole rings is 1. The van der Waals surface area contributed by atoms with Gasteiger partial charge in [-0.15, -0.1) is 11.3 Å². The number of hydrazone groups is 1. The number of carbonyl (C=O) groups is 2. The molecule has 43 heavy (non-hydrogen) atoms. The lowest BCUT2D eigenvalue weighted by Crippen LogP contribution is -2.29. The number of aromatic nitrogens is 1. The van der Waals surface area contributed by atoms with Crippen molar-refractivity contribution in [3.8, 4) is 17.0 Å². The van der Waals surface area contributed by atoms with E-state index in [0.717, 1.165) is 11.1 Å². The van der Waals surface area contributed by atoms with Gasteiger partial charge in [-0.3, -0.25) is 9.59 Å². The summed E-state index contributed by atoms with van der Waals surface area (Å²) < 4.78 is 19.7. The van der Waals surface area contributed by atoms with Crippen LogP contribution in [0.25, 0.3) is 11.3 Å². The van der Waals surface area contributed by atoms with Crippen LogP contribution in [-0.2, 0) is 0 Å². The number of halogens is 2.